The zero-order valence-electron chi connectivity index (χ0n) is 22.0. The van der Waals surface area contributed by atoms with Gasteiger partial charge < -0.3 is 0 Å². The van der Waals surface area contributed by atoms with Crippen LogP contribution >= 0.6 is 0 Å². The van der Waals surface area contributed by atoms with E-state index in [0.717, 1.165) is 13.1 Å². The third kappa shape index (κ3) is 12.4. The van der Waals surface area contributed by atoms with E-state index in [0.29, 0.717) is 0 Å². The predicted molar refractivity (Wildman–Crippen MR) is 147 cm³/mol. The minimum atomic E-state index is 0.198. The molecule has 1 nitrogen and oxygen atoms in total. The van der Waals surface area contributed by atoms with Crippen LogP contribution in [0.1, 0.15) is 122 Å². The van der Waals surface area contributed by atoms with E-state index in [2.05, 4.69) is 86.3 Å². The minimum Gasteiger partial charge on any atom is -0.290 e. The summed E-state index contributed by atoms with van der Waals surface area (Å²) in [6.45, 7) is 9.22. The molecule has 0 fully saturated rings. The molecule has 0 aliphatic heterocycles. The monoisotopic (exact) mass is 449 g/mol. The molecule has 0 aliphatic rings. The van der Waals surface area contributed by atoms with E-state index in [4.69, 9.17) is 0 Å². The molecule has 0 saturated carbocycles. The molecule has 33 heavy (non-hydrogen) atoms. The highest BCUT2D eigenvalue weighted by molar-refractivity contribution is 5.17. The zero-order valence-corrected chi connectivity index (χ0v) is 22.0. The Balaban J connectivity index is 1.66. The molecule has 0 amide bonds. The summed E-state index contributed by atoms with van der Waals surface area (Å²) in [5.74, 6) is 0. The molecule has 0 N–H and O–H groups in total. The second-order valence-corrected chi connectivity index (χ2v) is 10.6. The number of nitrogens with zero attached hydrogens (tertiary/aromatic N) is 1. The van der Waals surface area contributed by atoms with E-state index in [1.807, 2.05) is 0 Å². The van der Waals surface area contributed by atoms with Crippen LogP contribution in [0.2, 0.25) is 0 Å². The van der Waals surface area contributed by atoms with Gasteiger partial charge in [0.05, 0.1) is 0 Å². The minimum absolute atomic E-state index is 0.198. The van der Waals surface area contributed by atoms with Crippen molar-refractivity contribution >= 4 is 0 Å². The fraction of sp³-hybridized carbons (Fsp3) is 0.625. The van der Waals surface area contributed by atoms with Crippen LogP contribution in [0.15, 0.2) is 60.7 Å². The first kappa shape index (κ1) is 27.6. The van der Waals surface area contributed by atoms with Gasteiger partial charge in [-0.15, -0.1) is 0 Å². The van der Waals surface area contributed by atoms with Gasteiger partial charge in [-0.05, 0) is 31.4 Å². The SMILES string of the molecule is CCCCCCCCCCCCCCCC(C)(C)N(Cc1ccccc1)Cc1ccccc1. The largest absolute Gasteiger partial charge is 0.290 e. The molecule has 2 aromatic carbocycles. The maximum Gasteiger partial charge on any atom is 0.0242 e. The number of hydrogen-bond donors (Lipinski definition) is 0. The molecule has 0 radical (unpaired) electrons. The Labute approximate surface area is 206 Å². The summed E-state index contributed by atoms with van der Waals surface area (Å²) in [5, 5.41) is 0. The number of unbranched alkanes of at least 4 members (excludes halogenated alkanes) is 12. The van der Waals surface area contributed by atoms with Gasteiger partial charge in [-0.3, -0.25) is 4.90 Å². The molecule has 184 valence electrons. The van der Waals surface area contributed by atoms with Gasteiger partial charge in [-0.2, -0.15) is 0 Å². The highest BCUT2D eigenvalue weighted by Gasteiger charge is 2.26. The molecular formula is C32H51N. The van der Waals surface area contributed by atoms with E-state index in [9.17, 15) is 0 Å². The second kappa shape index (κ2) is 16.9. The fourth-order valence-electron chi connectivity index (χ4n) is 4.83. The summed E-state index contributed by atoms with van der Waals surface area (Å²) in [6.07, 6.45) is 19.7. The van der Waals surface area contributed by atoms with Crippen molar-refractivity contribution in [3.63, 3.8) is 0 Å². The van der Waals surface area contributed by atoms with Gasteiger partial charge in [0.1, 0.15) is 0 Å². The van der Waals surface area contributed by atoms with Crippen LogP contribution in [-0.4, -0.2) is 10.4 Å². The Morgan fingerprint density at radius 3 is 1.27 bits per heavy atom. The summed E-state index contributed by atoms with van der Waals surface area (Å²) in [4.78, 5) is 2.68. The van der Waals surface area contributed by atoms with Gasteiger partial charge in [0.25, 0.3) is 0 Å². The van der Waals surface area contributed by atoms with Crippen molar-refractivity contribution in [2.24, 2.45) is 0 Å². The van der Waals surface area contributed by atoms with Crippen molar-refractivity contribution in [2.75, 3.05) is 0 Å². The van der Waals surface area contributed by atoms with Crippen LogP contribution in [0.3, 0.4) is 0 Å². The average molecular weight is 450 g/mol. The van der Waals surface area contributed by atoms with Crippen LogP contribution in [0, 0.1) is 0 Å². The predicted octanol–water partition coefficient (Wildman–Crippen LogP) is 9.95. The van der Waals surface area contributed by atoms with Crippen molar-refractivity contribution < 1.29 is 0 Å². The molecule has 0 aromatic heterocycles. The summed E-state index contributed by atoms with van der Waals surface area (Å²) >= 11 is 0. The molecule has 0 saturated heterocycles. The lowest BCUT2D eigenvalue weighted by Gasteiger charge is -2.39. The lowest BCUT2D eigenvalue weighted by Crippen LogP contribution is -2.42. The highest BCUT2D eigenvalue weighted by Crippen LogP contribution is 2.27. The maximum absolute atomic E-state index is 2.68. The van der Waals surface area contributed by atoms with Gasteiger partial charge in [0.15, 0.2) is 0 Å². The number of benzene rings is 2. The average Bonchev–Trinajstić information content (AvgIpc) is 2.83. The summed E-state index contributed by atoms with van der Waals surface area (Å²) < 4.78 is 0. The summed E-state index contributed by atoms with van der Waals surface area (Å²) in [7, 11) is 0. The molecule has 0 atom stereocenters. The number of rotatable bonds is 19. The van der Waals surface area contributed by atoms with Crippen molar-refractivity contribution in [1.82, 2.24) is 4.90 Å². The third-order valence-electron chi connectivity index (χ3n) is 7.18. The van der Waals surface area contributed by atoms with E-state index in [-0.39, 0.29) is 5.54 Å². The van der Waals surface area contributed by atoms with Crippen molar-refractivity contribution in [2.45, 2.75) is 129 Å². The quantitative estimate of drug-likeness (QED) is 0.193. The van der Waals surface area contributed by atoms with Gasteiger partial charge in [0, 0.05) is 18.6 Å². The molecular weight excluding hydrogens is 398 g/mol. The lowest BCUT2D eigenvalue weighted by atomic mass is 9.92. The lowest BCUT2D eigenvalue weighted by molar-refractivity contribution is 0.0906. The van der Waals surface area contributed by atoms with Gasteiger partial charge in [-0.25, -0.2) is 0 Å². The van der Waals surface area contributed by atoms with Crippen molar-refractivity contribution in [3.8, 4) is 0 Å². The van der Waals surface area contributed by atoms with Gasteiger partial charge in [0.2, 0.25) is 0 Å². The Hall–Kier alpha value is -1.60. The van der Waals surface area contributed by atoms with Crippen LogP contribution in [-0.2, 0) is 13.1 Å². The van der Waals surface area contributed by atoms with Crippen molar-refractivity contribution in [3.05, 3.63) is 71.8 Å². The molecule has 0 aliphatic carbocycles. The van der Waals surface area contributed by atoms with Crippen LogP contribution in [0.4, 0.5) is 0 Å². The Morgan fingerprint density at radius 2 is 0.879 bits per heavy atom. The zero-order chi connectivity index (χ0) is 23.6. The normalized spacial score (nSPS) is 11.9. The Bertz CT molecular complexity index is 649. The van der Waals surface area contributed by atoms with Crippen molar-refractivity contribution in [1.29, 1.82) is 0 Å². The first-order valence-electron chi connectivity index (χ1n) is 13.9. The molecule has 2 aromatic rings. The van der Waals surface area contributed by atoms with E-state index in [1.54, 1.807) is 0 Å². The second-order valence-electron chi connectivity index (χ2n) is 10.6. The van der Waals surface area contributed by atoms with E-state index >= 15 is 0 Å². The smallest absolute Gasteiger partial charge is 0.0242 e. The number of hydrogen-bond acceptors (Lipinski definition) is 1. The topological polar surface area (TPSA) is 3.24 Å². The van der Waals surface area contributed by atoms with Crippen LogP contribution < -0.4 is 0 Å². The van der Waals surface area contributed by atoms with Crippen LogP contribution in [0.25, 0.3) is 0 Å². The highest BCUT2D eigenvalue weighted by atomic mass is 15.2. The molecule has 0 spiro atoms. The molecule has 0 unspecified atom stereocenters. The third-order valence-corrected chi connectivity index (χ3v) is 7.18. The maximum atomic E-state index is 2.68. The summed E-state index contributed by atoms with van der Waals surface area (Å²) in [5.41, 5.74) is 3.02. The molecule has 0 heterocycles. The molecule has 0 bridgehead atoms. The van der Waals surface area contributed by atoms with E-state index in [1.165, 1.54) is 101 Å². The fourth-order valence-corrected chi connectivity index (χ4v) is 4.83. The van der Waals surface area contributed by atoms with Gasteiger partial charge >= 0.3 is 0 Å². The summed E-state index contributed by atoms with van der Waals surface area (Å²) in [6, 6.07) is 21.9. The van der Waals surface area contributed by atoms with Crippen LogP contribution in [0.5, 0.6) is 0 Å². The Morgan fingerprint density at radius 1 is 0.515 bits per heavy atom. The van der Waals surface area contributed by atoms with E-state index < -0.39 is 0 Å². The molecule has 2 rings (SSSR count). The first-order valence-corrected chi connectivity index (χ1v) is 13.9. The first-order chi connectivity index (χ1) is 16.1. The molecule has 1 heteroatoms. The Kier molecular flexibility index (Phi) is 14.2. The standard InChI is InChI=1S/C32H51N/c1-4-5-6-7-8-9-10-11-12-13-14-15-22-27-32(2,3)33(28-30-23-18-16-19-24-30)29-31-25-20-17-21-26-31/h16-21,23-26H,4-15,22,27-29H2,1-3H3. The van der Waals surface area contributed by atoms with Gasteiger partial charge in [-0.1, -0.05) is 151 Å².